The van der Waals surface area contributed by atoms with E-state index in [1.54, 1.807) is 0 Å². The second-order valence-electron chi connectivity index (χ2n) is 5.27. The van der Waals surface area contributed by atoms with Crippen molar-refractivity contribution in [2.24, 2.45) is 0 Å². The second-order valence-corrected chi connectivity index (χ2v) is 5.27. The van der Waals surface area contributed by atoms with Crippen LogP contribution >= 0.6 is 0 Å². The molecule has 3 nitrogen and oxygen atoms in total. The number of nitrogens with zero attached hydrogens (tertiary/aromatic N) is 3. The van der Waals surface area contributed by atoms with E-state index >= 15 is 0 Å². The molecular formula is C15H21N3. The van der Waals surface area contributed by atoms with Crippen molar-refractivity contribution < 1.29 is 0 Å². The number of fused-ring (bicyclic) bond motifs is 1. The van der Waals surface area contributed by atoms with Gasteiger partial charge in [-0.1, -0.05) is 12.5 Å². The number of aromatic nitrogens is 2. The third-order valence-electron chi connectivity index (χ3n) is 3.96. The number of hydrogen-bond donors (Lipinski definition) is 0. The summed E-state index contributed by atoms with van der Waals surface area (Å²) in [6.45, 7) is 5.82. The first-order valence-corrected chi connectivity index (χ1v) is 6.98. The Morgan fingerprint density at radius 1 is 1.22 bits per heavy atom. The van der Waals surface area contributed by atoms with Gasteiger partial charge in [-0.2, -0.15) is 0 Å². The first-order chi connectivity index (χ1) is 8.84. The number of likely N-dealkylation sites (tertiary alicyclic amines) is 1. The van der Waals surface area contributed by atoms with Gasteiger partial charge in [0.25, 0.3) is 0 Å². The van der Waals surface area contributed by atoms with Crippen molar-refractivity contribution in [2.75, 3.05) is 19.6 Å². The van der Waals surface area contributed by atoms with E-state index in [1.807, 2.05) is 6.20 Å². The average molecular weight is 243 g/mol. The van der Waals surface area contributed by atoms with Crippen molar-refractivity contribution in [1.29, 1.82) is 0 Å². The number of pyridine rings is 1. The zero-order valence-electron chi connectivity index (χ0n) is 11.1. The fourth-order valence-corrected chi connectivity index (χ4v) is 2.84. The highest BCUT2D eigenvalue weighted by Gasteiger charge is 2.11. The van der Waals surface area contributed by atoms with Crippen LogP contribution in [0.3, 0.4) is 0 Å². The number of aryl methyl sites for hydroxylation is 1. The Balaban J connectivity index is 1.72. The summed E-state index contributed by atoms with van der Waals surface area (Å²) in [5.41, 5.74) is 2.54. The van der Waals surface area contributed by atoms with Crippen molar-refractivity contribution in [2.45, 2.75) is 32.6 Å². The number of hydrogen-bond acceptors (Lipinski definition) is 2. The molecule has 0 aromatic carbocycles. The summed E-state index contributed by atoms with van der Waals surface area (Å²) in [5, 5.41) is 0. The summed E-state index contributed by atoms with van der Waals surface area (Å²) >= 11 is 0. The first-order valence-electron chi connectivity index (χ1n) is 6.98. The SMILES string of the molecule is Cc1cccn2c(CCN3CCCCC3)ncc12. The van der Waals surface area contributed by atoms with E-state index in [1.165, 1.54) is 49.3 Å². The quantitative estimate of drug-likeness (QED) is 0.826. The lowest BCUT2D eigenvalue weighted by Crippen LogP contribution is -2.31. The monoisotopic (exact) mass is 243 g/mol. The van der Waals surface area contributed by atoms with Crippen molar-refractivity contribution in [3.05, 3.63) is 35.9 Å². The predicted molar refractivity (Wildman–Crippen MR) is 73.9 cm³/mol. The Hall–Kier alpha value is -1.35. The van der Waals surface area contributed by atoms with Crippen LogP contribution in [0.2, 0.25) is 0 Å². The van der Waals surface area contributed by atoms with Crippen LogP contribution in [-0.4, -0.2) is 33.9 Å². The Morgan fingerprint density at radius 3 is 2.89 bits per heavy atom. The fraction of sp³-hybridized carbons (Fsp3) is 0.533. The normalized spacial score (nSPS) is 17.4. The van der Waals surface area contributed by atoms with Gasteiger partial charge in [0.2, 0.25) is 0 Å². The molecular weight excluding hydrogens is 222 g/mol. The largest absolute Gasteiger partial charge is 0.303 e. The van der Waals surface area contributed by atoms with Crippen LogP contribution in [0.25, 0.3) is 5.52 Å². The third-order valence-corrected chi connectivity index (χ3v) is 3.96. The third kappa shape index (κ3) is 2.27. The zero-order chi connectivity index (χ0) is 12.4. The maximum Gasteiger partial charge on any atom is 0.114 e. The molecule has 0 atom stereocenters. The molecule has 0 unspecified atom stereocenters. The Kier molecular flexibility index (Phi) is 3.33. The molecule has 0 N–H and O–H groups in total. The molecule has 18 heavy (non-hydrogen) atoms. The van der Waals surface area contributed by atoms with Gasteiger partial charge in [-0.15, -0.1) is 0 Å². The van der Waals surface area contributed by atoms with Crippen LogP contribution in [0.15, 0.2) is 24.5 Å². The molecule has 0 radical (unpaired) electrons. The minimum Gasteiger partial charge on any atom is -0.303 e. The van der Waals surface area contributed by atoms with Crippen LogP contribution < -0.4 is 0 Å². The highest BCUT2D eigenvalue weighted by atomic mass is 15.1. The van der Waals surface area contributed by atoms with Gasteiger partial charge in [-0.05, 0) is 44.5 Å². The standard InChI is InChI=1S/C15H21N3/c1-13-6-5-10-18-14(13)12-16-15(18)7-11-17-8-3-2-4-9-17/h5-6,10,12H,2-4,7-9,11H2,1H3. The Bertz CT molecular complexity index is 524. The van der Waals surface area contributed by atoms with Gasteiger partial charge < -0.3 is 9.30 Å². The molecule has 0 aliphatic carbocycles. The molecule has 1 saturated heterocycles. The minimum absolute atomic E-state index is 1.05. The molecule has 1 fully saturated rings. The smallest absolute Gasteiger partial charge is 0.114 e. The minimum atomic E-state index is 1.05. The van der Waals surface area contributed by atoms with Crippen LogP contribution in [0.4, 0.5) is 0 Å². The lowest BCUT2D eigenvalue weighted by atomic mass is 10.1. The molecule has 0 spiro atoms. The molecule has 3 rings (SSSR count). The maximum absolute atomic E-state index is 4.58. The lowest BCUT2D eigenvalue weighted by Gasteiger charge is -2.25. The number of rotatable bonds is 3. The molecule has 2 aromatic heterocycles. The fourth-order valence-electron chi connectivity index (χ4n) is 2.84. The molecule has 96 valence electrons. The highest BCUT2D eigenvalue weighted by Crippen LogP contribution is 2.13. The van der Waals surface area contributed by atoms with Crippen LogP contribution in [0.5, 0.6) is 0 Å². The van der Waals surface area contributed by atoms with E-state index in [4.69, 9.17) is 0 Å². The summed E-state index contributed by atoms with van der Waals surface area (Å²) in [6, 6.07) is 4.25. The van der Waals surface area contributed by atoms with E-state index in [2.05, 4.69) is 39.5 Å². The van der Waals surface area contributed by atoms with E-state index in [0.29, 0.717) is 0 Å². The van der Waals surface area contributed by atoms with E-state index in [-0.39, 0.29) is 0 Å². The summed E-state index contributed by atoms with van der Waals surface area (Å²) < 4.78 is 2.24. The predicted octanol–water partition coefficient (Wildman–Crippen LogP) is 2.67. The highest BCUT2D eigenvalue weighted by molar-refractivity contribution is 5.53. The van der Waals surface area contributed by atoms with Crippen LogP contribution in [0, 0.1) is 6.92 Å². The molecule has 3 heterocycles. The van der Waals surface area contributed by atoms with Gasteiger partial charge in [0.1, 0.15) is 5.82 Å². The molecule has 2 aromatic rings. The molecule has 0 saturated carbocycles. The van der Waals surface area contributed by atoms with E-state index in [0.717, 1.165) is 13.0 Å². The van der Waals surface area contributed by atoms with E-state index < -0.39 is 0 Å². The second kappa shape index (κ2) is 5.11. The van der Waals surface area contributed by atoms with Gasteiger partial charge in [-0.25, -0.2) is 4.98 Å². The Labute approximate surface area is 108 Å². The topological polar surface area (TPSA) is 20.5 Å². The van der Waals surface area contributed by atoms with Gasteiger partial charge in [0, 0.05) is 19.2 Å². The summed E-state index contributed by atoms with van der Waals surface area (Å²) in [5.74, 6) is 1.19. The molecule has 1 aliphatic rings. The summed E-state index contributed by atoms with van der Waals surface area (Å²) in [7, 11) is 0. The van der Waals surface area contributed by atoms with Crippen molar-refractivity contribution in [1.82, 2.24) is 14.3 Å². The number of imidazole rings is 1. The summed E-state index contributed by atoms with van der Waals surface area (Å²) in [4.78, 5) is 7.15. The van der Waals surface area contributed by atoms with Gasteiger partial charge >= 0.3 is 0 Å². The van der Waals surface area contributed by atoms with Gasteiger partial charge in [0.05, 0.1) is 11.7 Å². The number of piperidine rings is 1. The van der Waals surface area contributed by atoms with Crippen molar-refractivity contribution >= 4 is 5.52 Å². The van der Waals surface area contributed by atoms with Gasteiger partial charge in [-0.3, -0.25) is 0 Å². The zero-order valence-corrected chi connectivity index (χ0v) is 11.1. The van der Waals surface area contributed by atoms with Crippen LogP contribution in [-0.2, 0) is 6.42 Å². The lowest BCUT2D eigenvalue weighted by molar-refractivity contribution is 0.230. The Morgan fingerprint density at radius 2 is 2.06 bits per heavy atom. The first kappa shape index (κ1) is 11.7. The average Bonchev–Trinajstić information content (AvgIpc) is 2.82. The van der Waals surface area contributed by atoms with Gasteiger partial charge in [0.15, 0.2) is 0 Å². The molecule has 3 heteroatoms. The maximum atomic E-state index is 4.58. The van der Waals surface area contributed by atoms with Crippen molar-refractivity contribution in [3.63, 3.8) is 0 Å². The summed E-state index contributed by atoms with van der Waals surface area (Å²) in [6.07, 6.45) is 9.31. The molecule has 1 aliphatic heterocycles. The molecule has 0 amide bonds. The van der Waals surface area contributed by atoms with Crippen molar-refractivity contribution in [3.8, 4) is 0 Å². The van der Waals surface area contributed by atoms with E-state index in [9.17, 15) is 0 Å². The molecule has 0 bridgehead atoms. The van der Waals surface area contributed by atoms with Crippen LogP contribution in [0.1, 0.15) is 30.7 Å².